The van der Waals surface area contributed by atoms with Crippen LogP contribution in [0.15, 0.2) is 24.3 Å². The van der Waals surface area contributed by atoms with Gasteiger partial charge in [-0.05, 0) is 12.1 Å². The summed E-state index contributed by atoms with van der Waals surface area (Å²) >= 11 is 0. The molecule has 94 valence electrons. The van der Waals surface area contributed by atoms with E-state index < -0.39 is 17.8 Å². The Balaban J connectivity index is 2.38. The molecule has 1 rings (SSSR count). The largest absolute Gasteiger partial charge is 0.484 e. The summed E-state index contributed by atoms with van der Waals surface area (Å²) in [6, 6.07) is 4.70. The second-order valence-electron chi connectivity index (χ2n) is 3.38. The van der Waals surface area contributed by atoms with E-state index in [-0.39, 0.29) is 25.6 Å². The van der Waals surface area contributed by atoms with Gasteiger partial charge in [0.2, 0.25) is 0 Å². The lowest BCUT2D eigenvalue weighted by Crippen LogP contribution is -2.42. The second-order valence-corrected chi connectivity index (χ2v) is 3.38. The lowest BCUT2D eigenvalue weighted by atomic mass is 10.3. The van der Waals surface area contributed by atoms with Gasteiger partial charge in [-0.3, -0.25) is 4.79 Å². The van der Waals surface area contributed by atoms with Crippen molar-refractivity contribution in [2.24, 2.45) is 0 Å². The lowest BCUT2D eigenvalue weighted by Gasteiger charge is -2.13. The normalized spacial score (nSPS) is 10.4. The van der Waals surface area contributed by atoms with Gasteiger partial charge in [-0.15, -0.1) is 0 Å². The van der Waals surface area contributed by atoms with Crippen LogP contribution in [0.4, 0.5) is 4.39 Å². The van der Waals surface area contributed by atoms with Crippen LogP contribution in [0.2, 0.25) is 0 Å². The van der Waals surface area contributed by atoms with Crippen LogP contribution in [0.3, 0.4) is 0 Å². The highest BCUT2D eigenvalue weighted by molar-refractivity contribution is 5.77. The molecule has 0 aliphatic carbocycles. The topological polar surface area (TPSA) is 78.8 Å². The zero-order chi connectivity index (χ0) is 12.7. The Morgan fingerprint density at radius 1 is 1.41 bits per heavy atom. The molecule has 1 aromatic rings. The van der Waals surface area contributed by atoms with Crippen molar-refractivity contribution in [3.8, 4) is 5.75 Å². The molecular formula is C11H14FNO4. The molecular weight excluding hydrogens is 229 g/mol. The van der Waals surface area contributed by atoms with E-state index >= 15 is 0 Å². The average molecular weight is 243 g/mol. The van der Waals surface area contributed by atoms with Crippen molar-refractivity contribution in [3.05, 3.63) is 30.1 Å². The van der Waals surface area contributed by atoms with E-state index in [0.29, 0.717) is 0 Å². The maximum atomic E-state index is 12.8. The molecule has 0 aliphatic heterocycles. The van der Waals surface area contributed by atoms with Crippen LogP contribution in [0.25, 0.3) is 0 Å². The maximum Gasteiger partial charge on any atom is 0.258 e. The Kier molecular flexibility index (Phi) is 5.38. The van der Waals surface area contributed by atoms with Crippen LogP contribution in [0, 0.1) is 5.82 Å². The summed E-state index contributed by atoms with van der Waals surface area (Å²) in [5.74, 6) is -0.710. The van der Waals surface area contributed by atoms with Gasteiger partial charge in [0.1, 0.15) is 11.6 Å². The zero-order valence-corrected chi connectivity index (χ0v) is 9.10. The number of amides is 1. The van der Waals surface area contributed by atoms with Gasteiger partial charge in [-0.1, -0.05) is 6.07 Å². The van der Waals surface area contributed by atoms with Gasteiger partial charge in [0, 0.05) is 6.07 Å². The fraction of sp³-hybridized carbons (Fsp3) is 0.364. The maximum absolute atomic E-state index is 12.8. The first kappa shape index (κ1) is 13.4. The van der Waals surface area contributed by atoms with E-state index in [9.17, 15) is 9.18 Å². The van der Waals surface area contributed by atoms with Gasteiger partial charge >= 0.3 is 0 Å². The minimum Gasteiger partial charge on any atom is -0.484 e. The highest BCUT2D eigenvalue weighted by Crippen LogP contribution is 2.11. The SMILES string of the molecule is O=C(COc1cccc(F)c1)NC(CO)CO. The van der Waals surface area contributed by atoms with Crippen LogP contribution < -0.4 is 10.1 Å². The number of ether oxygens (including phenoxy) is 1. The summed E-state index contributed by atoms with van der Waals surface area (Å²) in [4.78, 5) is 11.3. The number of hydrogen-bond donors (Lipinski definition) is 3. The van der Waals surface area contributed by atoms with Crippen molar-refractivity contribution in [3.63, 3.8) is 0 Å². The molecule has 17 heavy (non-hydrogen) atoms. The van der Waals surface area contributed by atoms with Gasteiger partial charge in [0.15, 0.2) is 6.61 Å². The van der Waals surface area contributed by atoms with Crippen molar-refractivity contribution in [2.75, 3.05) is 19.8 Å². The third kappa shape index (κ3) is 4.80. The van der Waals surface area contributed by atoms with Crippen molar-refractivity contribution in [2.45, 2.75) is 6.04 Å². The first-order chi connectivity index (χ1) is 8.15. The van der Waals surface area contributed by atoms with Gasteiger partial charge < -0.3 is 20.3 Å². The van der Waals surface area contributed by atoms with Gasteiger partial charge in [0.25, 0.3) is 5.91 Å². The quantitative estimate of drug-likeness (QED) is 0.639. The Hall–Kier alpha value is -1.66. The molecule has 0 saturated heterocycles. The van der Waals surface area contributed by atoms with E-state index in [0.717, 1.165) is 6.07 Å². The number of carbonyl (C=O) groups is 1. The number of halogens is 1. The molecule has 0 saturated carbocycles. The monoisotopic (exact) mass is 243 g/mol. The number of aliphatic hydroxyl groups excluding tert-OH is 2. The highest BCUT2D eigenvalue weighted by Gasteiger charge is 2.10. The zero-order valence-electron chi connectivity index (χ0n) is 9.10. The van der Waals surface area contributed by atoms with Gasteiger partial charge in [-0.25, -0.2) is 4.39 Å². The summed E-state index contributed by atoms with van der Waals surface area (Å²) in [6.07, 6.45) is 0. The molecule has 3 N–H and O–H groups in total. The van der Waals surface area contributed by atoms with Gasteiger partial charge in [-0.2, -0.15) is 0 Å². The standard InChI is InChI=1S/C11H14FNO4/c12-8-2-1-3-10(4-8)17-7-11(16)13-9(5-14)6-15/h1-4,9,14-15H,5-7H2,(H,13,16). The third-order valence-electron chi connectivity index (χ3n) is 1.97. The van der Waals surface area contributed by atoms with Crippen LogP contribution in [-0.2, 0) is 4.79 Å². The fourth-order valence-corrected chi connectivity index (χ4v) is 1.12. The molecule has 0 heterocycles. The highest BCUT2D eigenvalue weighted by atomic mass is 19.1. The van der Waals surface area contributed by atoms with Crippen LogP contribution >= 0.6 is 0 Å². The molecule has 0 atom stereocenters. The number of hydrogen-bond acceptors (Lipinski definition) is 4. The van der Waals surface area contributed by atoms with E-state index in [2.05, 4.69) is 5.32 Å². The minimum atomic E-state index is -0.710. The van der Waals surface area contributed by atoms with Crippen molar-refractivity contribution in [1.82, 2.24) is 5.32 Å². The summed E-state index contributed by atoms with van der Waals surface area (Å²) in [5.41, 5.74) is 0. The summed E-state index contributed by atoms with van der Waals surface area (Å²) in [7, 11) is 0. The molecule has 6 heteroatoms. The molecule has 0 bridgehead atoms. The number of aliphatic hydroxyl groups is 2. The molecule has 0 spiro atoms. The molecule has 1 aromatic carbocycles. The molecule has 0 radical (unpaired) electrons. The number of nitrogens with one attached hydrogen (secondary N) is 1. The number of rotatable bonds is 6. The Bertz CT molecular complexity index is 368. The molecule has 5 nitrogen and oxygen atoms in total. The summed E-state index contributed by atoms with van der Waals surface area (Å²) in [5, 5.41) is 19.8. The Morgan fingerprint density at radius 3 is 2.71 bits per heavy atom. The minimum absolute atomic E-state index is 0.240. The Morgan fingerprint density at radius 2 is 2.12 bits per heavy atom. The average Bonchev–Trinajstić information content (AvgIpc) is 2.33. The predicted octanol–water partition coefficient (Wildman–Crippen LogP) is -0.326. The van der Waals surface area contributed by atoms with Crippen LogP contribution in [0.1, 0.15) is 0 Å². The van der Waals surface area contributed by atoms with E-state index in [1.54, 1.807) is 0 Å². The third-order valence-corrected chi connectivity index (χ3v) is 1.97. The molecule has 1 amide bonds. The van der Waals surface area contributed by atoms with Gasteiger partial charge in [0.05, 0.1) is 19.3 Å². The van der Waals surface area contributed by atoms with E-state index in [4.69, 9.17) is 14.9 Å². The lowest BCUT2D eigenvalue weighted by molar-refractivity contribution is -0.124. The molecule has 0 aromatic heterocycles. The molecule has 0 fully saturated rings. The smallest absolute Gasteiger partial charge is 0.258 e. The van der Waals surface area contributed by atoms with Crippen molar-refractivity contribution >= 4 is 5.91 Å². The Labute approximate surface area is 97.8 Å². The van der Waals surface area contributed by atoms with E-state index in [1.165, 1.54) is 18.2 Å². The predicted molar refractivity (Wildman–Crippen MR) is 58.0 cm³/mol. The molecule has 0 aliphatic rings. The first-order valence-corrected chi connectivity index (χ1v) is 5.05. The summed E-state index contributed by atoms with van der Waals surface area (Å²) in [6.45, 7) is -1.02. The van der Waals surface area contributed by atoms with E-state index in [1.807, 2.05) is 0 Å². The first-order valence-electron chi connectivity index (χ1n) is 5.05. The van der Waals surface area contributed by atoms with Crippen LogP contribution in [-0.4, -0.2) is 42.0 Å². The summed E-state index contributed by atoms with van der Waals surface area (Å²) < 4.78 is 17.8. The van der Waals surface area contributed by atoms with Crippen LogP contribution in [0.5, 0.6) is 5.75 Å². The van der Waals surface area contributed by atoms with Crippen molar-refractivity contribution < 1.29 is 24.1 Å². The number of carbonyl (C=O) groups excluding carboxylic acids is 1. The second kappa shape index (κ2) is 6.82. The number of benzene rings is 1. The van der Waals surface area contributed by atoms with Crippen molar-refractivity contribution in [1.29, 1.82) is 0 Å². The fourth-order valence-electron chi connectivity index (χ4n) is 1.12. The molecule has 0 unspecified atom stereocenters.